The molecule has 1 N–H and O–H groups in total. The second-order valence-electron chi connectivity index (χ2n) is 6.29. The number of ether oxygens (including phenoxy) is 1. The molecule has 1 fully saturated rings. The Morgan fingerprint density at radius 1 is 1.43 bits per heavy atom. The molecular weight excluding hydrogens is 284 g/mol. The third-order valence-electron chi connectivity index (χ3n) is 4.28. The van der Waals surface area contributed by atoms with E-state index in [0.717, 1.165) is 31.1 Å². The van der Waals surface area contributed by atoms with E-state index in [-0.39, 0.29) is 0 Å². The summed E-state index contributed by atoms with van der Waals surface area (Å²) in [6.45, 7) is 9.47. The van der Waals surface area contributed by atoms with Gasteiger partial charge in [0, 0.05) is 43.5 Å². The molecule has 1 aliphatic heterocycles. The second kappa shape index (κ2) is 7.48. The van der Waals surface area contributed by atoms with Gasteiger partial charge >= 0.3 is 0 Å². The molecule has 0 radical (unpaired) electrons. The minimum atomic E-state index is 0.306. The number of halogens is 1. The van der Waals surface area contributed by atoms with Crippen molar-refractivity contribution in [2.45, 2.75) is 45.9 Å². The van der Waals surface area contributed by atoms with E-state index in [0.29, 0.717) is 18.1 Å². The molecule has 1 aliphatic rings. The highest BCUT2D eigenvalue weighted by molar-refractivity contribution is 6.30. The first-order valence-electron chi connectivity index (χ1n) is 7.80. The lowest BCUT2D eigenvalue weighted by atomic mass is 9.95. The summed E-state index contributed by atoms with van der Waals surface area (Å²) in [5, 5.41) is 4.28. The Hall–Kier alpha value is -0.770. The number of nitrogens with one attached hydrogen (secondary N) is 1. The van der Waals surface area contributed by atoms with Crippen LogP contribution in [0.3, 0.4) is 0 Å². The van der Waals surface area contributed by atoms with Gasteiger partial charge in [-0.1, -0.05) is 32.4 Å². The van der Waals surface area contributed by atoms with Crippen molar-refractivity contribution < 1.29 is 4.74 Å². The number of methoxy groups -OCH3 is 1. The van der Waals surface area contributed by atoms with Crippen LogP contribution in [0, 0.1) is 5.92 Å². The average Bonchev–Trinajstić information content (AvgIpc) is 2.46. The highest BCUT2D eigenvalue weighted by Gasteiger charge is 2.27. The molecule has 1 heterocycles. The van der Waals surface area contributed by atoms with Gasteiger partial charge in [-0.15, -0.1) is 0 Å². The summed E-state index contributed by atoms with van der Waals surface area (Å²) in [5.74, 6) is 0.621. The number of piperidine rings is 1. The number of hydrogen-bond acceptors (Lipinski definition) is 3. The number of hydrogen-bond donors (Lipinski definition) is 1. The Bertz CT molecular complexity index is 464. The van der Waals surface area contributed by atoms with Crippen LogP contribution < -0.4 is 10.2 Å². The van der Waals surface area contributed by atoms with Gasteiger partial charge in [0.2, 0.25) is 0 Å². The van der Waals surface area contributed by atoms with Gasteiger partial charge in [-0.2, -0.15) is 0 Å². The van der Waals surface area contributed by atoms with Crippen molar-refractivity contribution in [1.29, 1.82) is 0 Å². The Kier molecular flexibility index (Phi) is 5.91. The van der Waals surface area contributed by atoms with E-state index in [1.54, 1.807) is 0 Å². The average molecular weight is 311 g/mol. The molecule has 118 valence electrons. The first-order valence-corrected chi connectivity index (χ1v) is 8.18. The van der Waals surface area contributed by atoms with Crippen molar-refractivity contribution >= 4 is 17.3 Å². The molecule has 2 atom stereocenters. The number of benzene rings is 1. The SMILES string of the molecule is COC1CN(c2ccc(Cl)cc2CNC(C)C)CCC1C. The normalized spacial score (nSPS) is 22.9. The lowest BCUT2D eigenvalue weighted by Gasteiger charge is -2.38. The lowest BCUT2D eigenvalue weighted by molar-refractivity contribution is 0.0498. The molecule has 2 unspecified atom stereocenters. The van der Waals surface area contributed by atoms with Crippen LogP contribution in [0.5, 0.6) is 0 Å². The van der Waals surface area contributed by atoms with Crippen LogP contribution in [-0.4, -0.2) is 32.3 Å². The third-order valence-corrected chi connectivity index (χ3v) is 4.51. The summed E-state index contributed by atoms with van der Waals surface area (Å²) in [6.07, 6.45) is 1.47. The number of anilines is 1. The van der Waals surface area contributed by atoms with Crippen molar-refractivity contribution in [2.75, 3.05) is 25.1 Å². The summed E-state index contributed by atoms with van der Waals surface area (Å²) in [4.78, 5) is 2.43. The van der Waals surface area contributed by atoms with Crippen LogP contribution in [0.2, 0.25) is 5.02 Å². The summed E-state index contributed by atoms with van der Waals surface area (Å²) in [6, 6.07) is 6.66. The van der Waals surface area contributed by atoms with Crippen LogP contribution in [0.25, 0.3) is 0 Å². The lowest BCUT2D eigenvalue weighted by Crippen LogP contribution is -2.44. The van der Waals surface area contributed by atoms with Crippen molar-refractivity contribution in [3.8, 4) is 0 Å². The fourth-order valence-electron chi connectivity index (χ4n) is 2.88. The van der Waals surface area contributed by atoms with E-state index in [2.05, 4.69) is 43.1 Å². The van der Waals surface area contributed by atoms with Crippen LogP contribution >= 0.6 is 11.6 Å². The minimum absolute atomic E-state index is 0.306. The largest absolute Gasteiger partial charge is 0.379 e. The smallest absolute Gasteiger partial charge is 0.0772 e. The van der Waals surface area contributed by atoms with Gasteiger partial charge < -0.3 is 15.0 Å². The van der Waals surface area contributed by atoms with Crippen molar-refractivity contribution in [1.82, 2.24) is 5.32 Å². The Labute approximate surface area is 133 Å². The summed E-state index contributed by atoms with van der Waals surface area (Å²) in [7, 11) is 1.81. The Balaban J connectivity index is 2.18. The predicted octanol–water partition coefficient (Wildman–Crippen LogP) is 3.70. The zero-order valence-electron chi connectivity index (χ0n) is 13.5. The molecule has 0 saturated carbocycles. The number of rotatable bonds is 5. The third kappa shape index (κ3) is 4.35. The van der Waals surface area contributed by atoms with Crippen LogP contribution in [-0.2, 0) is 11.3 Å². The highest BCUT2D eigenvalue weighted by Crippen LogP contribution is 2.29. The maximum absolute atomic E-state index is 6.18. The van der Waals surface area contributed by atoms with Crippen molar-refractivity contribution in [3.63, 3.8) is 0 Å². The molecule has 1 saturated heterocycles. The molecule has 0 aromatic heterocycles. The van der Waals surface area contributed by atoms with Gasteiger partial charge in [0.25, 0.3) is 0 Å². The summed E-state index contributed by atoms with van der Waals surface area (Å²) >= 11 is 6.18. The summed E-state index contributed by atoms with van der Waals surface area (Å²) < 4.78 is 5.63. The van der Waals surface area contributed by atoms with Crippen molar-refractivity contribution in [2.24, 2.45) is 5.92 Å². The topological polar surface area (TPSA) is 24.5 Å². The molecule has 0 amide bonds. The van der Waals surface area contributed by atoms with Gasteiger partial charge in [-0.3, -0.25) is 0 Å². The Morgan fingerprint density at radius 2 is 2.19 bits per heavy atom. The van der Waals surface area contributed by atoms with E-state index in [4.69, 9.17) is 16.3 Å². The zero-order chi connectivity index (χ0) is 15.4. The minimum Gasteiger partial charge on any atom is -0.379 e. The van der Waals surface area contributed by atoms with Gasteiger partial charge in [-0.25, -0.2) is 0 Å². The molecule has 4 heteroatoms. The van der Waals surface area contributed by atoms with Gasteiger partial charge in [0.15, 0.2) is 0 Å². The van der Waals surface area contributed by atoms with Gasteiger partial charge in [0.05, 0.1) is 6.10 Å². The molecule has 1 aromatic carbocycles. The fraction of sp³-hybridized carbons (Fsp3) is 0.647. The molecule has 2 rings (SSSR count). The highest BCUT2D eigenvalue weighted by atomic mass is 35.5. The molecule has 21 heavy (non-hydrogen) atoms. The van der Waals surface area contributed by atoms with Crippen molar-refractivity contribution in [3.05, 3.63) is 28.8 Å². The predicted molar refractivity (Wildman–Crippen MR) is 90.2 cm³/mol. The number of nitrogens with zero attached hydrogens (tertiary/aromatic N) is 1. The molecule has 0 aliphatic carbocycles. The summed E-state index contributed by atoms with van der Waals surface area (Å²) in [5.41, 5.74) is 2.54. The molecule has 0 bridgehead atoms. The fourth-order valence-corrected chi connectivity index (χ4v) is 3.07. The monoisotopic (exact) mass is 310 g/mol. The van der Waals surface area contributed by atoms with E-state index in [1.807, 2.05) is 13.2 Å². The molecule has 0 spiro atoms. The van der Waals surface area contributed by atoms with Gasteiger partial charge in [0.1, 0.15) is 0 Å². The Morgan fingerprint density at radius 3 is 2.86 bits per heavy atom. The quantitative estimate of drug-likeness (QED) is 0.897. The maximum Gasteiger partial charge on any atom is 0.0772 e. The standard InChI is InChI=1S/C17H27ClN2O/c1-12(2)19-10-14-9-15(18)5-6-16(14)20-8-7-13(3)17(11-20)21-4/h5-6,9,12-13,17,19H,7-8,10-11H2,1-4H3. The van der Waals surface area contributed by atoms with E-state index in [1.165, 1.54) is 11.3 Å². The zero-order valence-corrected chi connectivity index (χ0v) is 14.3. The van der Waals surface area contributed by atoms with Gasteiger partial charge in [-0.05, 0) is 36.1 Å². The molecule has 3 nitrogen and oxygen atoms in total. The van der Waals surface area contributed by atoms with Crippen LogP contribution in [0.15, 0.2) is 18.2 Å². The van der Waals surface area contributed by atoms with Crippen LogP contribution in [0.4, 0.5) is 5.69 Å². The maximum atomic E-state index is 6.18. The van der Waals surface area contributed by atoms with Crippen LogP contribution in [0.1, 0.15) is 32.8 Å². The first-order chi connectivity index (χ1) is 10.0. The van der Waals surface area contributed by atoms with E-state index in [9.17, 15) is 0 Å². The first kappa shape index (κ1) is 16.6. The van der Waals surface area contributed by atoms with E-state index < -0.39 is 0 Å². The molecule has 1 aromatic rings. The molecular formula is C17H27ClN2O. The van der Waals surface area contributed by atoms with E-state index >= 15 is 0 Å². The second-order valence-corrected chi connectivity index (χ2v) is 6.73.